The lowest BCUT2D eigenvalue weighted by Gasteiger charge is -2.17. The molecule has 0 atom stereocenters. The van der Waals surface area contributed by atoms with Gasteiger partial charge in [0.1, 0.15) is 5.75 Å². The number of benzene rings is 1. The summed E-state index contributed by atoms with van der Waals surface area (Å²) in [6, 6.07) is 8.25. The highest BCUT2D eigenvalue weighted by molar-refractivity contribution is 6.09. The molecule has 0 saturated heterocycles. The van der Waals surface area contributed by atoms with Gasteiger partial charge in [-0.25, -0.2) is 0 Å². The van der Waals surface area contributed by atoms with Crippen LogP contribution >= 0.6 is 0 Å². The zero-order valence-electron chi connectivity index (χ0n) is 10.1. The van der Waals surface area contributed by atoms with Crippen molar-refractivity contribution in [1.82, 2.24) is 4.90 Å². The summed E-state index contributed by atoms with van der Waals surface area (Å²) < 4.78 is 5.50. The third-order valence-electron chi connectivity index (χ3n) is 2.56. The number of Topliss-reactive ketones (excluding diaryl/α,β-unsaturated/α-hetero) is 1. The highest BCUT2D eigenvalue weighted by Crippen LogP contribution is 2.25. The molecule has 1 heterocycles. The van der Waals surface area contributed by atoms with Gasteiger partial charge >= 0.3 is 0 Å². The number of carbonyl (C=O) groups is 1. The molecule has 0 radical (unpaired) electrons. The molecule has 0 aliphatic carbocycles. The molecule has 1 aliphatic rings. The SMILES string of the molecule is CN(C)C#CC(=O)c1ccc2c(c1)CCCO2. The lowest BCUT2D eigenvalue weighted by atomic mass is 10.0. The fraction of sp³-hybridized carbons (Fsp3) is 0.357. The van der Waals surface area contributed by atoms with Gasteiger partial charge in [-0.3, -0.25) is 4.79 Å². The highest BCUT2D eigenvalue weighted by Gasteiger charge is 2.12. The van der Waals surface area contributed by atoms with Gasteiger partial charge in [-0.1, -0.05) is 0 Å². The summed E-state index contributed by atoms with van der Waals surface area (Å²) in [6.45, 7) is 0.765. The molecule has 3 heteroatoms. The average Bonchev–Trinajstić information content (AvgIpc) is 2.35. The van der Waals surface area contributed by atoms with Crippen LogP contribution in [0.5, 0.6) is 5.75 Å². The lowest BCUT2D eigenvalue weighted by Crippen LogP contribution is -2.09. The quantitative estimate of drug-likeness (QED) is 0.417. The minimum atomic E-state index is -0.146. The van der Waals surface area contributed by atoms with Crippen molar-refractivity contribution in [2.45, 2.75) is 12.8 Å². The molecule has 3 nitrogen and oxygen atoms in total. The Morgan fingerprint density at radius 3 is 3.00 bits per heavy atom. The van der Waals surface area contributed by atoms with E-state index in [1.54, 1.807) is 25.1 Å². The van der Waals surface area contributed by atoms with Crippen molar-refractivity contribution < 1.29 is 9.53 Å². The van der Waals surface area contributed by atoms with Gasteiger partial charge in [0.25, 0.3) is 0 Å². The van der Waals surface area contributed by atoms with Crippen LogP contribution in [0.3, 0.4) is 0 Å². The maximum Gasteiger partial charge on any atom is 0.237 e. The normalized spacial score (nSPS) is 12.8. The summed E-state index contributed by atoms with van der Waals surface area (Å²) in [5, 5.41) is 0. The molecule has 2 rings (SSSR count). The predicted molar refractivity (Wildman–Crippen MR) is 66.1 cm³/mol. The van der Waals surface area contributed by atoms with Crippen LogP contribution in [0.1, 0.15) is 22.3 Å². The Kier molecular flexibility index (Phi) is 3.34. The van der Waals surface area contributed by atoms with Crippen LogP contribution in [-0.4, -0.2) is 31.4 Å². The van der Waals surface area contributed by atoms with E-state index in [2.05, 4.69) is 12.0 Å². The molecule has 0 aromatic heterocycles. The molecular weight excluding hydrogens is 214 g/mol. The zero-order chi connectivity index (χ0) is 12.3. The molecule has 0 bridgehead atoms. The van der Waals surface area contributed by atoms with Crippen LogP contribution < -0.4 is 4.74 Å². The number of fused-ring (bicyclic) bond motifs is 1. The first-order chi connectivity index (χ1) is 8.16. The van der Waals surface area contributed by atoms with Crippen molar-refractivity contribution in [2.24, 2.45) is 0 Å². The van der Waals surface area contributed by atoms with E-state index in [4.69, 9.17) is 4.74 Å². The van der Waals surface area contributed by atoms with Crippen LogP contribution in [-0.2, 0) is 6.42 Å². The number of rotatable bonds is 1. The summed E-state index contributed by atoms with van der Waals surface area (Å²) in [6.07, 6.45) is 1.98. The molecule has 1 aliphatic heterocycles. The molecule has 0 saturated carbocycles. The van der Waals surface area contributed by atoms with Gasteiger partial charge in [0.05, 0.1) is 6.61 Å². The molecule has 17 heavy (non-hydrogen) atoms. The first kappa shape index (κ1) is 11.5. The van der Waals surface area contributed by atoms with Crippen molar-refractivity contribution in [3.8, 4) is 17.7 Å². The van der Waals surface area contributed by atoms with E-state index in [0.717, 1.165) is 30.8 Å². The van der Waals surface area contributed by atoms with Gasteiger partial charge in [0, 0.05) is 25.7 Å². The summed E-state index contributed by atoms with van der Waals surface area (Å²) in [4.78, 5) is 13.5. The van der Waals surface area contributed by atoms with E-state index < -0.39 is 0 Å². The number of carbonyl (C=O) groups excluding carboxylic acids is 1. The van der Waals surface area contributed by atoms with E-state index >= 15 is 0 Å². The first-order valence-corrected chi connectivity index (χ1v) is 5.66. The van der Waals surface area contributed by atoms with E-state index in [0.29, 0.717) is 5.56 Å². The Morgan fingerprint density at radius 2 is 2.24 bits per heavy atom. The molecule has 1 aromatic rings. The average molecular weight is 229 g/mol. The van der Waals surface area contributed by atoms with Gasteiger partial charge in [0.15, 0.2) is 0 Å². The molecule has 88 valence electrons. The van der Waals surface area contributed by atoms with Crippen LogP contribution in [0.15, 0.2) is 18.2 Å². The number of ketones is 1. The largest absolute Gasteiger partial charge is 0.493 e. The molecule has 0 amide bonds. The molecule has 1 aromatic carbocycles. The first-order valence-electron chi connectivity index (χ1n) is 5.66. The van der Waals surface area contributed by atoms with E-state index in [-0.39, 0.29) is 5.78 Å². The molecule has 0 N–H and O–H groups in total. The predicted octanol–water partition coefficient (Wildman–Crippen LogP) is 1.72. The second-order valence-corrected chi connectivity index (χ2v) is 4.23. The van der Waals surface area contributed by atoms with E-state index in [9.17, 15) is 4.79 Å². The van der Waals surface area contributed by atoms with Crippen molar-refractivity contribution in [3.63, 3.8) is 0 Å². The van der Waals surface area contributed by atoms with Gasteiger partial charge < -0.3 is 9.64 Å². The third-order valence-corrected chi connectivity index (χ3v) is 2.56. The second-order valence-electron chi connectivity index (χ2n) is 4.23. The Morgan fingerprint density at radius 1 is 1.41 bits per heavy atom. The lowest BCUT2D eigenvalue weighted by molar-refractivity contribution is 0.105. The summed E-state index contributed by atoms with van der Waals surface area (Å²) in [7, 11) is 3.61. The number of aryl methyl sites for hydroxylation is 1. The van der Waals surface area contributed by atoms with Crippen molar-refractivity contribution in [3.05, 3.63) is 29.3 Å². The Hall–Kier alpha value is -1.95. The number of ether oxygens (including phenoxy) is 1. The molecular formula is C14H15NO2. The van der Waals surface area contributed by atoms with Gasteiger partial charge in [-0.15, -0.1) is 0 Å². The Bertz CT molecular complexity index is 495. The van der Waals surface area contributed by atoms with Crippen molar-refractivity contribution >= 4 is 5.78 Å². The molecule has 0 unspecified atom stereocenters. The number of hydrogen-bond acceptors (Lipinski definition) is 3. The van der Waals surface area contributed by atoms with Gasteiger partial charge in [-0.2, -0.15) is 0 Å². The summed E-state index contributed by atoms with van der Waals surface area (Å²) in [5.74, 6) is 3.35. The molecule has 0 fully saturated rings. The number of hydrogen-bond donors (Lipinski definition) is 0. The standard InChI is InChI=1S/C14H15NO2/c1-15(2)8-7-13(16)11-5-6-14-12(10-11)4-3-9-17-14/h5-6,10H,3-4,9H2,1-2H3. The van der Waals surface area contributed by atoms with Crippen LogP contribution in [0, 0.1) is 12.0 Å². The third kappa shape index (κ3) is 2.79. The summed E-state index contributed by atoms with van der Waals surface area (Å²) in [5.41, 5.74) is 1.75. The van der Waals surface area contributed by atoms with E-state index in [1.807, 2.05) is 12.1 Å². The fourth-order valence-corrected chi connectivity index (χ4v) is 1.74. The van der Waals surface area contributed by atoms with E-state index in [1.165, 1.54) is 0 Å². The minimum absolute atomic E-state index is 0.146. The van der Waals surface area contributed by atoms with Crippen LogP contribution in [0.4, 0.5) is 0 Å². The summed E-state index contributed by atoms with van der Waals surface area (Å²) >= 11 is 0. The fourth-order valence-electron chi connectivity index (χ4n) is 1.74. The topological polar surface area (TPSA) is 29.5 Å². The van der Waals surface area contributed by atoms with Crippen molar-refractivity contribution in [2.75, 3.05) is 20.7 Å². The second kappa shape index (κ2) is 4.92. The Balaban J connectivity index is 2.23. The number of nitrogens with zero attached hydrogens (tertiary/aromatic N) is 1. The Labute approximate surface area is 101 Å². The van der Waals surface area contributed by atoms with Crippen molar-refractivity contribution in [1.29, 1.82) is 0 Å². The van der Waals surface area contributed by atoms with Gasteiger partial charge in [0.2, 0.25) is 5.78 Å². The highest BCUT2D eigenvalue weighted by atomic mass is 16.5. The molecule has 0 spiro atoms. The smallest absolute Gasteiger partial charge is 0.237 e. The van der Waals surface area contributed by atoms with Crippen LogP contribution in [0.25, 0.3) is 0 Å². The van der Waals surface area contributed by atoms with Gasteiger partial charge in [-0.05, 0) is 42.5 Å². The van der Waals surface area contributed by atoms with Crippen LogP contribution in [0.2, 0.25) is 0 Å². The maximum atomic E-state index is 11.8. The zero-order valence-corrected chi connectivity index (χ0v) is 10.1. The maximum absolute atomic E-state index is 11.8. The monoisotopic (exact) mass is 229 g/mol. The minimum Gasteiger partial charge on any atom is -0.493 e.